The third-order valence-corrected chi connectivity index (χ3v) is 3.49. The van der Waals surface area contributed by atoms with Crippen LogP contribution >= 0.6 is 0 Å². The fourth-order valence-corrected chi connectivity index (χ4v) is 2.75. The second kappa shape index (κ2) is 5.72. The van der Waals surface area contributed by atoms with Crippen molar-refractivity contribution in [3.05, 3.63) is 66.5 Å². The number of rotatable bonds is 6. The predicted molar refractivity (Wildman–Crippen MR) is 77.4 cm³/mol. The third kappa shape index (κ3) is 2.13. The van der Waals surface area contributed by atoms with Crippen LogP contribution in [0.15, 0.2) is 55.3 Å². The van der Waals surface area contributed by atoms with Gasteiger partial charge in [-0.15, -0.1) is 0 Å². The van der Waals surface area contributed by atoms with Gasteiger partial charge in [0.25, 0.3) is 0 Å². The molecule has 0 N–H and O–H groups in total. The highest BCUT2D eigenvalue weighted by Gasteiger charge is 2.28. The van der Waals surface area contributed by atoms with Gasteiger partial charge in [0.1, 0.15) is 0 Å². The lowest BCUT2D eigenvalue weighted by Gasteiger charge is -2.13. The second-order valence-electron chi connectivity index (χ2n) is 4.53. The van der Waals surface area contributed by atoms with E-state index in [9.17, 15) is 0 Å². The molecular weight excluding hydrogens is 220 g/mol. The molecule has 1 aliphatic rings. The normalized spacial score (nSPS) is 17.5. The average Bonchev–Trinajstić information content (AvgIpc) is 2.71. The summed E-state index contributed by atoms with van der Waals surface area (Å²) in [5, 5.41) is 0. The van der Waals surface area contributed by atoms with E-state index >= 15 is 0 Å². The second-order valence-corrected chi connectivity index (χ2v) is 4.53. The molecule has 1 heteroatoms. The molecule has 0 saturated heterocycles. The van der Waals surface area contributed by atoms with Crippen LogP contribution in [0.25, 0.3) is 5.57 Å². The summed E-state index contributed by atoms with van der Waals surface area (Å²) in [6.07, 6.45) is 5.75. The van der Waals surface area contributed by atoms with Crippen molar-refractivity contribution in [2.75, 3.05) is 6.61 Å². The summed E-state index contributed by atoms with van der Waals surface area (Å²) in [7, 11) is 0. The number of hydrogen-bond acceptors (Lipinski definition) is 1. The van der Waals surface area contributed by atoms with Gasteiger partial charge in [0.2, 0.25) is 0 Å². The Morgan fingerprint density at radius 1 is 1.28 bits per heavy atom. The van der Waals surface area contributed by atoms with Gasteiger partial charge in [-0.3, -0.25) is 0 Å². The summed E-state index contributed by atoms with van der Waals surface area (Å²) in [4.78, 5) is 0. The molecule has 0 aliphatic heterocycles. The quantitative estimate of drug-likeness (QED) is 0.656. The molecule has 0 heterocycles. The van der Waals surface area contributed by atoms with Crippen molar-refractivity contribution in [1.29, 1.82) is 0 Å². The van der Waals surface area contributed by atoms with Crippen LogP contribution in [-0.4, -0.2) is 6.61 Å². The molecule has 94 valence electrons. The number of ether oxygens (including phenoxy) is 1. The maximum absolute atomic E-state index is 5.41. The van der Waals surface area contributed by atoms with Gasteiger partial charge in [0.05, 0.1) is 12.9 Å². The van der Waals surface area contributed by atoms with Crippen LogP contribution in [-0.2, 0) is 4.74 Å². The van der Waals surface area contributed by atoms with Gasteiger partial charge >= 0.3 is 0 Å². The van der Waals surface area contributed by atoms with Crippen LogP contribution in [0.2, 0.25) is 0 Å². The topological polar surface area (TPSA) is 9.23 Å². The van der Waals surface area contributed by atoms with E-state index in [2.05, 4.69) is 44.3 Å². The van der Waals surface area contributed by atoms with E-state index in [1.165, 1.54) is 28.5 Å². The van der Waals surface area contributed by atoms with E-state index in [4.69, 9.17) is 4.74 Å². The smallest absolute Gasteiger partial charge is 0.0982 e. The first-order valence-electron chi connectivity index (χ1n) is 6.50. The van der Waals surface area contributed by atoms with E-state index in [0.717, 1.165) is 12.8 Å². The lowest BCUT2D eigenvalue weighted by molar-refractivity contribution is 0.240. The molecule has 2 rings (SSSR count). The highest BCUT2D eigenvalue weighted by molar-refractivity contribution is 5.80. The zero-order valence-corrected chi connectivity index (χ0v) is 11.0. The maximum atomic E-state index is 5.41. The first kappa shape index (κ1) is 12.7. The minimum absolute atomic E-state index is 0.304. The van der Waals surface area contributed by atoms with Crippen molar-refractivity contribution in [2.24, 2.45) is 0 Å². The Labute approximate surface area is 109 Å². The Hall–Kier alpha value is -1.76. The first-order valence-corrected chi connectivity index (χ1v) is 6.50. The maximum Gasteiger partial charge on any atom is 0.0982 e. The molecule has 0 fully saturated rings. The minimum atomic E-state index is 0.304. The average molecular weight is 240 g/mol. The third-order valence-electron chi connectivity index (χ3n) is 3.49. The van der Waals surface area contributed by atoms with Crippen molar-refractivity contribution in [2.45, 2.75) is 25.7 Å². The zero-order chi connectivity index (χ0) is 13.0. The van der Waals surface area contributed by atoms with Crippen molar-refractivity contribution in [3.8, 4) is 0 Å². The lowest BCUT2D eigenvalue weighted by Crippen LogP contribution is -2.04. The van der Waals surface area contributed by atoms with E-state index in [1.807, 2.05) is 6.08 Å². The summed E-state index contributed by atoms with van der Waals surface area (Å²) in [6.45, 7) is 10.5. The first-order chi connectivity index (χ1) is 8.83. The monoisotopic (exact) mass is 240 g/mol. The Morgan fingerprint density at radius 2 is 2.06 bits per heavy atom. The zero-order valence-electron chi connectivity index (χ0n) is 11.0. The van der Waals surface area contributed by atoms with Crippen molar-refractivity contribution in [1.82, 2.24) is 0 Å². The predicted octanol–water partition coefficient (Wildman–Crippen LogP) is 4.68. The summed E-state index contributed by atoms with van der Waals surface area (Å²) in [5.74, 6) is 0.304. The number of fused-ring (bicyclic) bond motifs is 1. The lowest BCUT2D eigenvalue weighted by atomic mass is 9.96. The van der Waals surface area contributed by atoms with Gasteiger partial charge in [-0.1, -0.05) is 56.8 Å². The molecule has 0 radical (unpaired) electrons. The fraction of sp³-hybridized carbons (Fsp3) is 0.294. The van der Waals surface area contributed by atoms with Gasteiger partial charge < -0.3 is 4.74 Å². The van der Waals surface area contributed by atoms with Crippen LogP contribution in [0, 0.1) is 0 Å². The van der Waals surface area contributed by atoms with Gasteiger partial charge in [-0.05, 0) is 28.7 Å². The Kier molecular flexibility index (Phi) is 4.03. The van der Waals surface area contributed by atoms with E-state index in [-0.39, 0.29) is 0 Å². The van der Waals surface area contributed by atoms with Crippen LogP contribution in [0.1, 0.15) is 36.8 Å². The molecule has 0 spiro atoms. The van der Waals surface area contributed by atoms with Crippen molar-refractivity contribution in [3.63, 3.8) is 0 Å². The Bertz CT molecular complexity index is 482. The molecule has 0 aromatic heterocycles. The summed E-state index contributed by atoms with van der Waals surface area (Å²) in [6, 6.07) is 8.59. The minimum Gasteiger partial charge on any atom is -0.501 e. The van der Waals surface area contributed by atoms with Crippen LogP contribution in [0.4, 0.5) is 0 Å². The van der Waals surface area contributed by atoms with Gasteiger partial charge in [-0.25, -0.2) is 0 Å². The van der Waals surface area contributed by atoms with Crippen molar-refractivity contribution >= 4 is 5.57 Å². The number of hydrogen-bond donors (Lipinski definition) is 0. The molecule has 1 aliphatic carbocycles. The van der Waals surface area contributed by atoms with Gasteiger partial charge in [0.15, 0.2) is 0 Å². The summed E-state index contributed by atoms with van der Waals surface area (Å²) < 4.78 is 5.41. The molecule has 1 aromatic rings. The van der Waals surface area contributed by atoms with E-state index in [1.54, 1.807) is 0 Å². The molecule has 1 unspecified atom stereocenters. The van der Waals surface area contributed by atoms with E-state index in [0.29, 0.717) is 12.5 Å². The van der Waals surface area contributed by atoms with Gasteiger partial charge in [-0.2, -0.15) is 0 Å². The van der Waals surface area contributed by atoms with Gasteiger partial charge in [0, 0.05) is 5.92 Å². The number of benzene rings is 1. The van der Waals surface area contributed by atoms with Crippen LogP contribution < -0.4 is 0 Å². The highest BCUT2D eigenvalue weighted by Crippen LogP contribution is 2.44. The molecule has 1 nitrogen and oxygen atoms in total. The molecule has 0 bridgehead atoms. The molecule has 1 atom stereocenters. The molecule has 1 aromatic carbocycles. The molecule has 0 amide bonds. The largest absolute Gasteiger partial charge is 0.501 e. The molecule has 18 heavy (non-hydrogen) atoms. The summed E-state index contributed by atoms with van der Waals surface area (Å²) >= 11 is 0. The molecule has 0 saturated carbocycles. The Balaban J connectivity index is 2.44. The van der Waals surface area contributed by atoms with Crippen LogP contribution in [0.3, 0.4) is 0 Å². The molecular formula is C17H20O. The SMILES string of the molecule is C=COCC1C(C=C)=C(CCC)c2ccccc21. The van der Waals surface area contributed by atoms with E-state index < -0.39 is 0 Å². The number of allylic oxidation sites excluding steroid dienone is 2. The fourth-order valence-electron chi connectivity index (χ4n) is 2.75. The summed E-state index contributed by atoms with van der Waals surface area (Å²) in [5.41, 5.74) is 5.48. The van der Waals surface area contributed by atoms with Crippen molar-refractivity contribution < 1.29 is 4.74 Å². The van der Waals surface area contributed by atoms with Crippen LogP contribution in [0.5, 0.6) is 0 Å². The highest BCUT2D eigenvalue weighted by atomic mass is 16.5. The standard InChI is InChI=1S/C17H20O/c1-4-9-14-13(5-2)17(12-18-6-3)16-11-8-7-10-15(14)16/h5-8,10-11,17H,2-4,9,12H2,1H3. The Morgan fingerprint density at radius 3 is 2.72 bits per heavy atom.